The second-order valence-electron chi connectivity index (χ2n) is 5.65. The van der Waals surface area contributed by atoms with Crippen LogP contribution in [0.5, 0.6) is 0 Å². The van der Waals surface area contributed by atoms with Gasteiger partial charge < -0.3 is 13.6 Å². The summed E-state index contributed by atoms with van der Waals surface area (Å²) in [7, 11) is -1.91. The largest absolute Gasteiger partial charge is 0.395 e. The Morgan fingerprint density at radius 3 is 2.26 bits per heavy atom. The molecule has 1 aliphatic carbocycles. The van der Waals surface area contributed by atoms with Crippen molar-refractivity contribution >= 4 is 8.56 Å². The molecule has 0 aromatic carbocycles. The van der Waals surface area contributed by atoms with Gasteiger partial charge >= 0.3 is 8.56 Å². The molecule has 0 spiro atoms. The fraction of sp³-hybridized carbons (Fsp3) is 1.00. The fourth-order valence-corrected chi connectivity index (χ4v) is 5.68. The summed E-state index contributed by atoms with van der Waals surface area (Å²) in [6.45, 7) is 10.8. The van der Waals surface area contributed by atoms with E-state index in [-0.39, 0.29) is 0 Å². The van der Waals surface area contributed by atoms with Crippen molar-refractivity contribution in [2.24, 2.45) is 5.92 Å². The topological polar surface area (TPSA) is 27.7 Å². The molecule has 0 heterocycles. The maximum absolute atomic E-state index is 5.92. The maximum Gasteiger partial charge on any atom is 0.334 e. The lowest BCUT2D eigenvalue weighted by Gasteiger charge is -2.32. The number of hydrogen-bond donors (Lipinski definition) is 0. The number of rotatable bonds is 9. The summed E-state index contributed by atoms with van der Waals surface area (Å²) in [6, 6.07) is 1.12. The molecule has 114 valence electrons. The first-order valence-electron chi connectivity index (χ1n) is 8.03. The highest BCUT2D eigenvalue weighted by Gasteiger charge is 2.32. The minimum absolute atomic E-state index is 0.496. The molecule has 0 saturated heterocycles. The molecule has 2 unspecified atom stereocenters. The van der Waals surface area contributed by atoms with Crippen molar-refractivity contribution < 1.29 is 13.6 Å². The van der Waals surface area contributed by atoms with Gasteiger partial charge in [-0.25, -0.2) is 0 Å². The molecule has 1 rings (SSSR count). The van der Waals surface area contributed by atoms with E-state index in [2.05, 4.69) is 27.3 Å². The van der Waals surface area contributed by atoms with Crippen LogP contribution in [0.4, 0.5) is 0 Å². The summed E-state index contributed by atoms with van der Waals surface area (Å²) in [6.07, 6.45) is 6.89. The van der Waals surface area contributed by atoms with E-state index in [1.165, 1.54) is 32.1 Å². The maximum atomic E-state index is 5.92. The van der Waals surface area contributed by atoms with Gasteiger partial charge in [-0.15, -0.1) is 0 Å². The van der Waals surface area contributed by atoms with Gasteiger partial charge in [0.25, 0.3) is 0 Å². The fourth-order valence-electron chi connectivity index (χ4n) is 3.15. The van der Waals surface area contributed by atoms with Crippen molar-refractivity contribution in [1.29, 1.82) is 0 Å². The Morgan fingerprint density at radius 1 is 1.00 bits per heavy atom. The molecule has 1 saturated carbocycles. The van der Waals surface area contributed by atoms with Gasteiger partial charge in [-0.3, -0.25) is 0 Å². The lowest BCUT2D eigenvalue weighted by Crippen LogP contribution is -2.39. The van der Waals surface area contributed by atoms with Gasteiger partial charge in [0, 0.05) is 19.8 Å². The van der Waals surface area contributed by atoms with E-state index in [4.69, 9.17) is 13.6 Å². The first kappa shape index (κ1) is 17.1. The molecule has 0 aliphatic heterocycles. The van der Waals surface area contributed by atoms with Crippen LogP contribution in [0.25, 0.3) is 0 Å². The average Bonchev–Trinajstić information content (AvgIpc) is 2.38. The third-order valence-electron chi connectivity index (χ3n) is 4.04. The molecule has 1 fully saturated rings. The van der Waals surface area contributed by atoms with Gasteiger partial charge in [0.2, 0.25) is 0 Å². The molecule has 0 bridgehead atoms. The van der Waals surface area contributed by atoms with Gasteiger partial charge in [0.15, 0.2) is 0 Å². The summed E-state index contributed by atoms with van der Waals surface area (Å²) in [5, 5.41) is 0. The molecule has 0 aromatic rings. The normalized spacial score (nSPS) is 24.6. The van der Waals surface area contributed by atoms with E-state index >= 15 is 0 Å². The zero-order chi connectivity index (χ0) is 14.1. The van der Waals surface area contributed by atoms with Crippen LogP contribution in [-0.2, 0) is 13.6 Å². The van der Waals surface area contributed by atoms with Crippen LogP contribution in [0, 0.1) is 5.92 Å². The summed E-state index contributed by atoms with van der Waals surface area (Å²) in [5.41, 5.74) is 0. The van der Waals surface area contributed by atoms with Crippen LogP contribution >= 0.6 is 0 Å². The van der Waals surface area contributed by atoms with E-state index in [1.807, 2.05) is 0 Å². The smallest absolute Gasteiger partial charge is 0.334 e. The van der Waals surface area contributed by atoms with E-state index in [9.17, 15) is 0 Å². The van der Waals surface area contributed by atoms with Crippen LogP contribution in [0.3, 0.4) is 0 Å². The molecular formula is C15H32O3Si. The second-order valence-corrected chi connectivity index (χ2v) is 8.99. The van der Waals surface area contributed by atoms with Gasteiger partial charge in [-0.2, -0.15) is 0 Å². The molecule has 4 heteroatoms. The Balaban J connectivity index is 2.36. The Hall–Kier alpha value is 0.0969. The summed E-state index contributed by atoms with van der Waals surface area (Å²) < 4.78 is 17.6. The highest BCUT2D eigenvalue weighted by Crippen LogP contribution is 2.32. The third kappa shape index (κ3) is 6.39. The Labute approximate surface area is 120 Å². The van der Waals surface area contributed by atoms with E-state index in [0.717, 1.165) is 31.8 Å². The van der Waals surface area contributed by atoms with Crippen molar-refractivity contribution in [2.45, 2.75) is 71.6 Å². The predicted octanol–water partition coefficient (Wildman–Crippen LogP) is 4.12. The number of hydrogen-bond acceptors (Lipinski definition) is 3. The molecule has 0 radical (unpaired) electrons. The van der Waals surface area contributed by atoms with Crippen LogP contribution in [0.2, 0.25) is 12.6 Å². The average molecular weight is 289 g/mol. The van der Waals surface area contributed by atoms with Gasteiger partial charge in [0.1, 0.15) is 0 Å². The van der Waals surface area contributed by atoms with Crippen LogP contribution < -0.4 is 0 Å². The second kappa shape index (κ2) is 9.11. The minimum atomic E-state index is -1.91. The SMILES string of the molecule is CCOC1CCCC(CC[Si](C)(OCC)OCC)C1. The van der Waals surface area contributed by atoms with Crippen molar-refractivity contribution in [3.8, 4) is 0 Å². The van der Waals surface area contributed by atoms with Gasteiger partial charge in [-0.1, -0.05) is 12.8 Å². The summed E-state index contributed by atoms with van der Waals surface area (Å²) >= 11 is 0. The zero-order valence-electron chi connectivity index (χ0n) is 13.2. The predicted molar refractivity (Wildman–Crippen MR) is 81.7 cm³/mol. The molecular weight excluding hydrogens is 256 g/mol. The summed E-state index contributed by atoms with van der Waals surface area (Å²) in [5.74, 6) is 0.804. The highest BCUT2D eigenvalue weighted by molar-refractivity contribution is 6.66. The first-order chi connectivity index (χ1) is 9.13. The monoisotopic (exact) mass is 288 g/mol. The Kier molecular flexibility index (Phi) is 8.22. The minimum Gasteiger partial charge on any atom is -0.395 e. The lowest BCUT2D eigenvalue weighted by atomic mass is 9.85. The van der Waals surface area contributed by atoms with Crippen molar-refractivity contribution in [2.75, 3.05) is 19.8 Å². The highest BCUT2D eigenvalue weighted by atomic mass is 28.4. The first-order valence-corrected chi connectivity index (χ1v) is 10.5. The van der Waals surface area contributed by atoms with Crippen LogP contribution in [0.1, 0.15) is 52.9 Å². The zero-order valence-corrected chi connectivity index (χ0v) is 14.2. The van der Waals surface area contributed by atoms with Crippen molar-refractivity contribution in [3.05, 3.63) is 0 Å². The lowest BCUT2D eigenvalue weighted by molar-refractivity contribution is 0.0194. The molecule has 2 atom stereocenters. The van der Waals surface area contributed by atoms with Gasteiger partial charge in [-0.05, 0) is 58.5 Å². The Bertz CT molecular complexity index is 227. The summed E-state index contributed by atoms with van der Waals surface area (Å²) in [4.78, 5) is 0. The van der Waals surface area contributed by atoms with Crippen LogP contribution in [-0.4, -0.2) is 34.5 Å². The van der Waals surface area contributed by atoms with E-state index in [0.29, 0.717) is 6.10 Å². The molecule has 0 amide bonds. The molecule has 0 N–H and O–H groups in total. The van der Waals surface area contributed by atoms with E-state index < -0.39 is 8.56 Å². The Morgan fingerprint density at radius 2 is 1.68 bits per heavy atom. The quantitative estimate of drug-likeness (QED) is 0.597. The number of ether oxygens (including phenoxy) is 1. The molecule has 1 aliphatic rings. The van der Waals surface area contributed by atoms with Crippen molar-refractivity contribution in [3.63, 3.8) is 0 Å². The molecule has 0 aromatic heterocycles. The van der Waals surface area contributed by atoms with Crippen molar-refractivity contribution in [1.82, 2.24) is 0 Å². The standard InChI is InChI=1S/C15H32O3Si/c1-5-16-15-10-8-9-14(13-15)11-12-19(4,17-6-2)18-7-3/h14-15H,5-13H2,1-4H3. The van der Waals surface area contributed by atoms with Gasteiger partial charge in [0.05, 0.1) is 6.10 Å². The van der Waals surface area contributed by atoms with Crippen LogP contribution in [0.15, 0.2) is 0 Å². The third-order valence-corrected chi connectivity index (χ3v) is 7.04. The molecule has 19 heavy (non-hydrogen) atoms. The molecule has 3 nitrogen and oxygen atoms in total. The van der Waals surface area contributed by atoms with E-state index in [1.54, 1.807) is 0 Å².